The maximum absolute atomic E-state index is 12.1. The number of nitrogens with one attached hydrogen (secondary N) is 1. The summed E-state index contributed by atoms with van der Waals surface area (Å²) in [5.74, 6) is 3.11. The predicted octanol–water partition coefficient (Wildman–Crippen LogP) is 1.93. The van der Waals surface area contributed by atoms with Gasteiger partial charge in [-0.2, -0.15) is 0 Å². The fourth-order valence-electron chi connectivity index (χ4n) is 3.64. The first-order valence-corrected chi connectivity index (χ1v) is 9.71. The Morgan fingerprint density at radius 3 is 2.93 bits per heavy atom. The molecule has 0 bridgehead atoms. The van der Waals surface area contributed by atoms with Gasteiger partial charge in [0.05, 0.1) is 13.2 Å². The molecule has 4 rings (SSSR count). The molecule has 0 unspecified atom stereocenters. The largest absolute Gasteiger partial charge is 0.497 e. The number of aromatic nitrogens is 3. The van der Waals surface area contributed by atoms with E-state index < -0.39 is 0 Å². The van der Waals surface area contributed by atoms with Gasteiger partial charge in [-0.05, 0) is 37.5 Å². The highest BCUT2D eigenvalue weighted by atomic mass is 16.5. The standard InChI is InChI=1S/C20H27N5O2/c1-14(21-20(26)16-6-7-16)19-23-22-18-8-9-24(10-11-25(18)19)13-15-4-3-5-17(12-15)27-2/h3-5,12,14,16H,6-11,13H2,1-2H3,(H,21,26)/t14-/m0/s1. The lowest BCUT2D eigenvalue weighted by Gasteiger charge is -2.20. The van der Waals surface area contributed by atoms with Crippen molar-refractivity contribution in [3.05, 3.63) is 41.5 Å². The second-order valence-corrected chi connectivity index (χ2v) is 7.51. The van der Waals surface area contributed by atoms with Crippen molar-refractivity contribution in [1.29, 1.82) is 0 Å². The van der Waals surface area contributed by atoms with Crippen LogP contribution in [-0.2, 0) is 24.3 Å². The van der Waals surface area contributed by atoms with Gasteiger partial charge in [0.25, 0.3) is 0 Å². The first kappa shape index (κ1) is 18.0. The first-order valence-electron chi connectivity index (χ1n) is 9.71. The van der Waals surface area contributed by atoms with E-state index in [2.05, 4.69) is 37.1 Å². The number of fused-ring (bicyclic) bond motifs is 1. The van der Waals surface area contributed by atoms with Crippen molar-refractivity contribution in [3.63, 3.8) is 0 Å². The summed E-state index contributed by atoms with van der Waals surface area (Å²) in [7, 11) is 1.70. The summed E-state index contributed by atoms with van der Waals surface area (Å²) in [6.07, 6.45) is 2.88. The molecule has 1 aromatic heterocycles. The second kappa shape index (κ2) is 7.68. The highest BCUT2D eigenvalue weighted by Gasteiger charge is 2.31. The molecular formula is C20H27N5O2. The van der Waals surface area contributed by atoms with E-state index in [0.717, 1.165) is 62.8 Å². The predicted molar refractivity (Wildman–Crippen MR) is 101 cm³/mol. The fraction of sp³-hybridized carbons (Fsp3) is 0.550. The summed E-state index contributed by atoms with van der Waals surface area (Å²) >= 11 is 0. The molecule has 2 heterocycles. The lowest BCUT2D eigenvalue weighted by molar-refractivity contribution is -0.123. The molecule has 2 aromatic rings. The minimum Gasteiger partial charge on any atom is -0.497 e. The third-order valence-corrected chi connectivity index (χ3v) is 5.38. The van der Waals surface area contributed by atoms with Gasteiger partial charge >= 0.3 is 0 Å². The number of carbonyl (C=O) groups is 1. The van der Waals surface area contributed by atoms with Gasteiger partial charge in [0, 0.05) is 38.5 Å². The number of hydrogen-bond donors (Lipinski definition) is 1. The van der Waals surface area contributed by atoms with E-state index >= 15 is 0 Å². The molecule has 1 atom stereocenters. The molecule has 1 aromatic carbocycles. The van der Waals surface area contributed by atoms with Crippen molar-refractivity contribution in [2.24, 2.45) is 5.92 Å². The van der Waals surface area contributed by atoms with Crippen LogP contribution < -0.4 is 10.1 Å². The van der Waals surface area contributed by atoms with Gasteiger partial charge in [-0.15, -0.1) is 10.2 Å². The number of methoxy groups -OCH3 is 1. The van der Waals surface area contributed by atoms with Gasteiger partial charge in [0.2, 0.25) is 5.91 Å². The van der Waals surface area contributed by atoms with Crippen LogP contribution in [0.5, 0.6) is 5.75 Å². The summed E-state index contributed by atoms with van der Waals surface area (Å²) in [4.78, 5) is 14.5. The Kier molecular flexibility index (Phi) is 5.11. The van der Waals surface area contributed by atoms with Crippen molar-refractivity contribution < 1.29 is 9.53 Å². The number of rotatable bonds is 6. The van der Waals surface area contributed by atoms with Gasteiger partial charge in [-0.25, -0.2) is 0 Å². The first-order chi connectivity index (χ1) is 13.1. The van der Waals surface area contributed by atoms with E-state index in [0.29, 0.717) is 0 Å². The van der Waals surface area contributed by atoms with Crippen LogP contribution in [0.15, 0.2) is 24.3 Å². The van der Waals surface area contributed by atoms with Crippen LogP contribution >= 0.6 is 0 Å². The van der Waals surface area contributed by atoms with Crippen molar-refractivity contribution in [2.45, 2.75) is 45.3 Å². The van der Waals surface area contributed by atoms with Gasteiger partial charge in [0.15, 0.2) is 5.82 Å². The van der Waals surface area contributed by atoms with E-state index in [4.69, 9.17) is 4.74 Å². The average Bonchev–Trinajstić information content (AvgIpc) is 3.47. The molecule has 1 N–H and O–H groups in total. The van der Waals surface area contributed by atoms with Gasteiger partial charge in [-0.3, -0.25) is 9.69 Å². The second-order valence-electron chi connectivity index (χ2n) is 7.51. The smallest absolute Gasteiger partial charge is 0.223 e. The summed E-state index contributed by atoms with van der Waals surface area (Å²) in [5, 5.41) is 11.8. The maximum Gasteiger partial charge on any atom is 0.223 e. The Morgan fingerprint density at radius 1 is 1.30 bits per heavy atom. The Labute approximate surface area is 159 Å². The van der Waals surface area contributed by atoms with Crippen LogP contribution in [0.2, 0.25) is 0 Å². The molecule has 1 aliphatic heterocycles. The Hall–Kier alpha value is -2.41. The molecule has 0 spiro atoms. The zero-order valence-corrected chi connectivity index (χ0v) is 16.0. The van der Waals surface area contributed by atoms with Crippen LogP contribution in [0.4, 0.5) is 0 Å². The highest BCUT2D eigenvalue weighted by Crippen LogP contribution is 2.29. The normalized spacial score (nSPS) is 18.4. The van der Waals surface area contributed by atoms with E-state index in [1.807, 2.05) is 19.1 Å². The number of carbonyl (C=O) groups excluding carboxylic acids is 1. The van der Waals surface area contributed by atoms with Crippen LogP contribution in [0, 0.1) is 5.92 Å². The van der Waals surface area contributed by atoms with Crippen LogP contribution in [0.3, 0.4) is 0 Å². The van der Waals surface area contributed by atoms with Crippen LogP contribution in [0.25, 0.3) is 0 Å². The lowest BCUT2D eigenvalue weighted by atomic mass is 10.2. The topological polar surface area (TPSA) is 72.3 Å². The number of benzene rings is 1. The van der Waals surface area contributed by atoms with E-state index in [-0.39, 0.29) is 17.9 Å². The number of ether oxygens (including phenoxy) is 1. The molecule has 1 saturated carbocycles. The molecule has 0 saturated heterocycles. The number of nitrogens with zero attached hydrogens (tertiary/aromatic N) is 4. The molecule has 27 heavy (non-hydrogen) atoms. The zero-order valence-electron chi connectivity index (χ0n) is 16.0. The van der Waals surface area contributed by atoms with Gasteiger partial charge in [0.1, 0.15) is 11.6 Å². The van der Waals surface area contributed by atoms with Crippen molar-refractivity contribution >= 4 is 5.91 Å². The molecule has 1 fully saturated rings. The third kappa shape index (κ3) is 4.13. The summed E-state index contributed by atoms with van der Waals surface area (Å²) < 4.78 is 7.51. The summed E-state index contributed by atoms with van der Waals surface area (Å²) in [5.41, 5.74) is 1.25. The van der Waals surface area contributed by atoms with E-state index in [1.165, 1.54) is 5.56 Å². The molecule has 1 aliphatic carbocycles. The molecule has 144 valence electrons. The van der Waals surface area contributed by atoms with E-state index in [9.17, 15) is 4.79 Å². The monoisotopic (exact) mass is 369 g/mol. The molecule has 7 heteroatoms. The average molecular weight is 369 g/mol. The molecular weight excluding hydrogens is 342 g/mol. The van der Waals surface area contributed by atoms with Crippen molar-refractivity contribution in [3.8, 4) is 5.75 Å². The number of amides is 1. The van der Waals surface area contributed by atoms with E-state index in [1.54, 1.807) is 7.11 Å². The fourth-order valence-corrected chi connectivity index (χ4v) is 3.64. The minimum absolute atomic E-state index is 0.107. The van der Waals surface area contributed by atoms with Crippen molar-refractivity contribution in [1.82, 2.24) is 25.0 Å². The van der Waals surface area contributed by atoms with Crippen LogP contribution in [0.1, 0.15) is 43.0 Å². The van der Waals surface area contributed by atoms with Crippen LogP contribution in [-0.4, -0.2) is 45.8 Å². The Morgan fingerprint density at radius 2 is 2.15 bits per heavy atom. The molecule has 2 aliphatic rings. The highest BCUT2D eigenvalue weighted by molar-refractivity contribution is 5.81. The maximum atomic E-state index is 12.1. The minimum atomic E-state index is -0.107. The number of hydrogen-bond acceptors (Lipinski definition) is 5. The van der Waals surface area contributed by atoms with Gasteiger partial charge in [-0.1, -0.05) is 12.1 Å². The Bertz CT molecular complexity index is 814. The molecule has 1 amide bonds. The lowest BCUT2D eigenvalue weighted by Crippen LogP contribution is -2.31. The Balaban J connectivity index is 1.40. The van der Waals surface area contributed by atoms with Gasteiger partial charge < -0.3 is 14.6 Å². The summed E-state index contributed by atoms with van der Waals surface area (Å²) in [6.45, 7) is 5.59. The third-order valence-electron chi connectivity index (χ3n) is 5.38. The van der Waals surface area contributed by atoms with Crippen molar-refractivity contribution in [2.75, 3.05) is 20.2 Å². The SMILES string of the molecule is COc1cccc(CN2CCc3nnc([C@H](C)NC(=O)C4CC4)n3CC2)c1. The summed E-state index contributed by atoms with van der Waals surface area (Å²) in [6, 6.07) is 8.12. The molecule has 7 nitrogen and oxygen atoms in total. The zero-order chi connectivity index (χ0) is 18.8. The quantitative estimate of drug-likeness (QED) is 0.842. The molecule has 0 radical (unpaired) electrons.